The van der Waals surface area contributed by atoms with Gasteiger partial charge in [0.25, 0.3) is 5.56 Å². The Balaban J connectivity index is 1.94. The number of aromatic nitrogens is 1. The van der Waals surface area contributed by atoms with E-state index in [0.29, 0.717) is 29.3 Å². The van der Waals surface area contributed by atoms with Gasteiger partial charge in [-0.1, -0.05) is 44.4 Å². The molecular weight excluding hydrogens is 452 g/mol. The van der Waals surface area contributed by atoms with E-state index in [1.54, 1.807) is 17.8 Å². The monoisotopic (exact) mass is 490 g/mol. The first-order valence-corrected chi connectivity index (χ1v) is 14.0. The van der Waals surface area contributed by atoms with Gasteiger partial charge in [0.2, 0.25) is 0 Å². The molecule has 1 aliphatic rings. The van der Waals surface area contributed by atoms with Crippen molar-refractivity contribution in [2.75, 3.05) is 6.26 Å². The Labute approximate surface area is 213 Å². The first-order valence-electron chi connectivity index (χ1n) is 12.8. The Kier molecular flexibility index (Phi) is 8.02. The number of likely N-dealkylation sites (tertiary alicyclic amines) is 1. The van der Waals surface area contributed by atoms with Crippen LogP contribution in [0.2, 0.25) is 0 Å². The number of hydrogen-bond donors (Lipinski definition) is 3. The maximum Gasteiger partial charge on any atom is 0.256 e. The number of unbranched alkanes of at least 4 members (excludes halogenated alkanes) is 1. The largest absolute Gasteiger partial charge is 0.384 e. The molecule has 2 heterocycles. The molecule has 1 aliphatic heterocycles. The van der Waals surface area contributed by atoms with Crippen LogP contribution >= 0.6 is 11.8 Å². The van der Waals surface area contributed by atoms with E-state index < -0.39 is 0 Å². The number of thioether (sulfide) groups is 1. The lowest BCUT2D eigenvalue weighted by molar-refractivity contribution is 0.0495. The quantitative estimate of drug-likeness (QED) is 0.186. The third-order valence-corrected chi connectivity index (χ3v) is 8.21. The lowest BCUT2D eigenvalue weighted by Gasteiger charge is -2.45. The highest BCUT2D eigenvalue weighted by molar-refractivity contribution is 7.98. The van der Waals surface area contributed by atoms with Gasteiger partial charge in [-0.3, -0.25) is 15.1 Å². The molecule has 3 aromatic rings. The smallest absolute Gasteiger partial charge is 0.256 e. The number of pyridine rings is 1. The molecule has 0 radical (unpaired) electrons. The van der Waals surface area contributed by atoms with Crippen molar-refractivity contribution in [3.8, 4) is 11.1 Å². The Morgan fingerprint density at radius 1 is 1.20 bits per heavy atom. The van der Waals surface area contributed by atoms with Gasteiger partial charge in [0.15, 0.2) is 0 Å². The van der Waals surface area contributed by atoms with Gasteiger partial charge in [0.05, 0.1) is 0 Å². The zero-order valence-electron chi connectivity index (χ0n) is 21.4. The van der Waals surface area contributed by atoms with Crippen LogP contribution in [-0.4, -0.2) is 34.1 Å². The second kappa shape index (κ2) is 11.0. The average molecular weight is 491 g/mol. The molecule has 0 aliphatic carbocycles. The summed E-state index contributed by atoms with van der Waals surface area (Å²) < 4.78 is 0. The highest BCUT2D eigenvalue weighted by Crippen LogP contribution is 2.40. The van der Waals surface area contributed by atoms with E-state index >= 15 is 0 Å². The first-order chi connectivity index (χ1) is 16.8. The van der Waals surface area contributed by atoms with Crippen LogP contribution in [-0.2, 0) is 0 Å². The van der Waals surface area contributed by atoms with E-state index in [1.165, 1.54) is 36.1 Å². The molecule has 1 fully saturated rings. The number of fused-ring (bicyclic) bond motifs is 1. The lowest BCUT2D eigenvalue weighted by Crippen LogP contribution is -2.46. The molecule has 3 unspecified atom stereocenters. The van der Waals surface area contributed by atoms with Crippen molar-refractivity contribution in [1.29, 1.82) is 5.41 Å². The van der Waals surface area contributed by atoms with E-state index in [2.05, 4.69) is 55.1 Å². The first kappa shape index (κ1) is 25.5. The maximum absolute atomic E-state index is 13.2. The van der Waals surface area contributed by atoms with Crippen LogP contribution in [0, 0.1) is 5.41 Å². The van der Waals surface area contributed by atoms with Gasteiger partial charge in [-0.25, -0.2) is 0 Å². The molecule has 35 heavy (non-hydrogen) atoms. The summed E-state index contributed by atoms with van der Waals surface area (Å²) in [5, 5.41) is 8.92. The van der Waals surface area contributed by atoms with Crippen molar-refractivity contribution < 1.29 is 0 Å². The standard InChI is InChI=1S/C29H38N4OS/c1-5-6-13-27(33-18(2)9-7-10-19(33)3)25-15-22(35-4)16-26-24(25)17-23(29(34)32-26)20-11-8-12-21(14-20)28(30)31/h8,11-12,14-19,27H,5-7,9-10,13H2,1-4H3,(H3,30,31)(H,32,34). The van der Waals surface area contributed by atoms with Crippen LogP contribution < -0.4 is 11.3 Å². The van der Waals surface area contributed by atoms with Crippen LogP contribution in [0.25, 0.3) is 22.0 Å². The predicted octanol–water partition coefficient (Wildman–Crippen LogP) is 6.70. The zero-order valence-corrected chi connectivity index (χ0v) is 22.2. The van der Waals surface area contributed by atoms with Gasteiger partial charge in [-0.2, -0.15) is 0 Å². The Bertz CT molecular complexity index is 1260. The Morgan fingerprint density at radius 2 is 1.94 bits per heavy atom. The topological polar surface area (TPSA) is 86.0 Å². The number of aromatic amines is 1. The third kappa shape index (κ3) is 5.34. The van der Waals surface area contributed by atoms with Crippen molar-refractivity contribution in [2.45, 2.75) is 82.3 Å². The maximum atomic E-state index is 13.2. The molecule has 3 atom stereocenters. The average Bonchev–Trinajstić information content (AvgIpc) is 2.84. The highest BCUT2D eigenvalue weighted by atomic mass is 32.2. The van der Waals surface area contributed by atoms with Crippen molar-refractivity contribution in [3.63, 3.8) is 0 Å². The molecule has 0 saturated carbocycles. The summed E-state index contributed by atoms with van der Waals surface area (Å²) >= 11 is 1.72. The minimum absolute atomic E-state index is 0.00192. The normalized spacial score (nSPS) is 19.7. The number of H-pyrrole nitrogens is 1. The lowest BCUT2D eigenvalue weighted by atomic mass is 9.88. The molecule has 4 N–H and O–H groups in total. The molecule has 0 bridgehead atoms. The predicted molar refractivity (Wildman–Crippen MR) is 150 cm³/mol. The fourth-order valence-corrected chi connectivity index (χ4v) is 6.17. The number of nitrogen functional groups attached to an aromatic ring is 1. The number of nitrogens with two attached hydrogens (primary N) is 1. The molecule has 5 nitrogen and oxygen atoms in total. The van der Waals surface area contributed by atoms with Gasteiger partial charge in [0, 0.05) is 45.1 Å². The summed E-state index contributed by atoms with van der Waals surface area (Å²) in [6, 6.07) is 15.3. The van der Waals surface area contributed by atoms with Crippen LogP contribution in [0.4, 0.5) is 0 Å². The third-order valence-electron chi connectivity index (χ3n) is 7.50. The molecule has 0 amide bonds. The van der Waals surface area contributed by atoms with Gasteiger partial charge in [-0.15, -0.1) is 11.8 Å². The van der Waals surface area contributed by atoms with E-state index in [0.717, 1.165) is 29.3 Å². The van der Waals surface area contributed by atoms with Gasteiger partial charge in [0.1, 0.15) is 5.84 Å². The fourth-order valence-electron chi connectivity index (χ4n) is 5.69. The van der Waals surface area contributed by atoms with Crippen LogP contribution in [0.5, 0.6) is 0 Å². The summed E-state index contributed by atoms with van der Waals surface area (Å²) in [4.78, 5) is 20.3. The molecule has 1 aromatic heterocycles. The zero-order chi connectivity index (χ0) is 25.1. The number of hydrogen-bond acceptors (Lipinski definition) is 4. The number of nitrogens with one attached hydrogen (secondary N) is 2. The minimum atomic E-state index is -0.118. The number of amidine groups is 1. The SMILES string of the molecule is CCCCC(c1cc(SC)cc2[nH]c(=O)c(-c3cccc(C(=N)N)c3)cc12)N1C(C)CCCC1C. The minimum Gasteiger partial charge on any atom is -0.384 e. The summed E-state index contributed by atoms with van der Waals surface area (Å²) in [6.45, 7) is 7.00. The van der Waals surface area contributed by atoms with Gasteiger partial charge >= 0.3 is 0 Å². The van der Waals surface area contributed by atoms with E-state index in [4.69, 9.17) is 11.1 Å². The van der Waals surface area contributed by atoms with Crippen molar-refractivity contribution in [1.82, 2.24) is 9.88 Å². The Morgan fingerprint density at radius 3 is 2.60 bits per heavy atom. The summed E-state index contributed by atoms with van der Waals surface area (Å²) in [6.07, 6.45) is 9.27. The summed E-state index contributed by atoms with van der Waals surface area (Å²) in [5.74, 6) is 0.00192. The number of nitrogens with zero attached hydrogens (tertiary/aromatic N) is 1. The molecule has 1 saturated heterocycles. The molecule has 4 rings (SSSR count). The number of rotatable bonds is 8. The van der Waals surface area contributed by atoms with Crippen LogP contribution in [0.3, 0.4) is 0 Å². The van der Waals surface area contributed by atoms with Crippen molar-refractivity contribution in [3.05, 3.63) is 63.9 Å². The van der Waals surface area contributed by atoms with Gasteiger partial charge < -0.3 is 10.7 Å². The second-order valence-corrected chi connectivity index (χ2v) is 10.8. The molecule has 0 spiro atoms. The number of benzene rings is 2. The number of piperidine rings is 1. The molecule has 2 aromatic carbocycles. The fraction of sp³-hybridized carbons (Fsp3) is 0.448. The molecule has 6 heteroatoms. The van der Waals surface area contributed by atoms with Crippen molar-refractivity contribution in [2.24, 2.45) is 5.73 Å². The highest BCUT2D eigenvalue weighted by Gasteiger charge is 2.32. The molecular formula is C29H38N4OS. The molecule has 186 valence electrons. The van der Waals surface area contributed by atoms with E-state index in [9.17, 15) is 4.79 Å². The van der Waals surface area contributed by atoms with Crippen molar-refractivity contribution >= 4 is 28.5 Å². The van der Waals surface area contributed by atoms with E-state index in [-0.39, 0.29) is 11.4 Å². The van der Waals surface area contributed by atoms with Gasteiger partial charge in [-0.05, 0) is 74.8 Å². The summed E-state index contributed by atoms with van der Waals surface area (Å²) in [5.41, 5.74) is 9.83. The Hall–Kier alpha value is -2.57. The van der Waals surface area contributed by atoms with Crippen LogP contribution in [0.1, 0.15) is 76.5 Å². The van der Waals surface area contributed by atoms with Crippen LogP contribution in [0.15, 0.2) is 52.2 Å². The second-order valence-electron chi connectivity index (χ2n) is 9.92. The summed E-state index contributed by atoms with van der Waals surface area (Å²) in [7, 11) is 0. The van der Waals surface area contributed by atoms with E-state index in [1.807, 2.05) is 18.2 Å².